The molecule has 0 N–H and O–H groups in total. The van der Waals surface area contributed by atoms with E-state index >= 15 is 0 Å². The predicted octanol–water partition coefficient (Wildman–Crippen LogP) is 3.97. The van der Waals surface area contributed by atoms with Gasteiger partial charge in [-0.25, -0.2) is 0 Å². The molecule has 0 aliphatic heterocycles. The molecule has 5 nitrogen and oxygen atoms in total. The highest BCUT2D eigenvalue weighted by Crippen LogP contribution is 2.37. The summed E-state index contributed by atoms with van der Waals surface area (Å²) >= 11 is 2.95. The van der Waals surface area contributed by atoms with Crippen molar-refractivity contribution in [1.82, 2.24) is 10.2 Å². The van der Waals surface area contributed by atoms with Gasteiger partial charge in [0.1, 0.15) is 5.75 Å². The molecule has 1 atom stereocenters. The number of carbonyl (C=O) groups excluding carboxylic acids is 1. The number of hydrogen-bond donors (Lipinski definition) is 0. The number of esters is 1. The fraction of sp³-hybridized carbons (Fsp3) is 0.562. The molecule has 23 heavy (non-hydrogen) atoms. The number of thioether (sulfide) groups is 1. The summed E-state index contributed by atoms with van der Waals surface area (Å²) in [5.41, 5.74) is 1.41. The number of nitrogens with zero attached hydrogens (tertiary/aromatic N) is 2. The van der Waals surface area contributed by atoms with E-state index in [0.717, 1.165) is 23.6 Å². The maximum absolute atomic E-state index is 11.5. The van der Waals surface area contributed by atoms with Crippen molar-refractivity contribution < 1.29 is 13.9 Å². The highest BCUT2D eigenvalue weighted by molar-refractivity contribution is 7.99. The first-order valence-electron chi connectivity index (χ1n) is 7.79. The number of thiophene rings is 1. The summed E-state index contributed by atoms with van der Waals surface area (Å²) in [5.74, 6) is 1.19. The smallest absolute Gasteiger partial charge is 0.316 e. The third kappa shape index (κ3) is 4.14. The summed E-state index contributed by atoms with van der Waals surface area (Å²) in [7, 11) is 0. The summed E-state index contributed by atoms with van der Waals surface area (Å²) in [6.07, 6.45) is 3.40. The van der Waals surface area contributed by atoms with Crippen LogP contribution in [-0.4, -0.2) is 28.0 Å². The van der Waals surface area contributed by atoms with Crippen molar-refractivity contribution in [3.05, 3.63) is 16.5 Å². The van der Waals surface area contributed by atoms with Gasteiger partial charge < -0.3 is 9.15 Å². The van der Waals surface area contributed by atoms with E-state index in [4.69, 9.17) is 9.15 Å². The number of aromatic nitrogens is 2. The lowest BCUT2D eigenvalue weighted by molar-refractivity contribution is -0.144. The Bertz CT molecular complexity index is 693. The lowest BCUT2D eigenvalue weighted by atomic mass is 9.90. The summed E-state index contributed by atoms with van der Waals surface area (Å²) in [6.45, 7) is 5.94. The molecule has 2 aromatic heterocycles. The van der Waals surface area contributed by atoms with Crippen LogP contribution in [0.25, 0.3) is 10.8 Å². The third-order valence-electron chi connectivity index (χ3n) is 3.63. The summed E-state index contributed by atoms with van der Waals surface area (Å²) in [4.78, 5) is 14.0. The number of rotatable bonds is 5. The van der Waals surface area contributed by atoms with Crippen molar-refractivity contribution in [3.8, 4) is 10.8 Å². The molecule has 0 bridgehead atoms. The van der Waals surface area contributed by atoms with E-state index in [1.807, 2.05) is 13.8 Å². The SMILES string of the molecule is CC(C)OC(=O)CSc1nnc(-c2cc3c(s2)CC[C@@H](C)C3)o1. The van der Waals surface area contributed by atoms with Crippen LogP contribution in [0.4, 0.5) is 0 Å². The lowest BCUT2D eigenvalue weighted by Crippen LogP contribution is -2.13. The second kappa shape index (κ2) is 7.05. The fourth-order valence-corrected chi connectivity index (χ4v) is 4.27. The highest BCUT2D eigenvalue weighted by atomic mass is 32.2. The first-order chi connectivity index (χ1) is 11.0. The fourth-order valence-electron chi connectivity index (χ4n) is 2.60. The molecule has 1 aliphatic rings. The van der Waals surface area contributed by atoms with Crippen molar-refractivity contribution in [2.24, 2.45) is 5.92 Å². The van der Waals surface area contributed by atoms with E-state index in [0.29, 0.717) is 11.1 Å². The lowest BCUT2D eigenvalue weighted by Gasteiger charge is -2.16. The van der Waals surface area contributed by atoms with Gasteiger partial charge in [0, 0.05) is 4.88 Å². The molecule has 0 spiro atoms. The molecule has 124 valence electrons. The normalized spacial score (nSPS) is 17.3. The van der Waals surface area contributed by atoms with E-state index in [-0.39, 0.29) is 17.8 Å². The van der Waals surface area contributed by atoms with Crippen LogP contribution in [0.3, 0.4) is 0 Å². The van der Waals surface area contributed by atoms with Gasteiger partial charge in [-0.3, -0.25) is 4.79 Å². The Morgan fingerprint density at radius 3 is 3.13 bits per heavy atom. The molecule has 3 rings (SSSR count). The number of hydrogen-bond acceptors (Lipinski definition) is 7. The molecular formula is C16H20N2O3S2. The van der Waals surface area contributed by atoms with Crippen LogP contribution in [0, 0.1) is 5.92 Å². The summed E-state index contributed by atoms with van der Waals surface area (Å²) < 4.78 is 10.8. The molecule has 0 saturated carbocycles. The maximum atomic E-state index is 11.5. The van der Waals surface area contributed by atoms with Gasteiger partial charge in [-0.1, -0.05) is 18.7 Å². The van der Waals surface area contributed by atoms with Crippen LogP contribution in [0.5, 0.6) is 0 Å². The van der Waals surface area contributed by atoms with E-state index < -0.39 is 0 Å². The average Bonchev–Trinajstić information content (AvgIpc) is 3.10. The average molecular weight is 352 g/mol. The van der Waals surface area contributed by atoms with Crippen LogP contribution >= 0.6 is 23.1 Å². The van der Waals surface area contributed by atoms with E-state index in [1.54, 1.807) is 11.3 Å². The Labute approximate surface area is 143 Å². The Kier molecular flexibility index (Phi) is 5.06. The Hall–Kier alpha value is -1.34. The largest absolute Gasteiger partial charge is 0.462 e. The molecule has 7 heteroatoms. The molecule has 0 fully saturated rings. The van der Waals surface area contributed by atoms with Gasteiger partial charge >= 0.3 is 5.97 Å². The van der Waals surface area contributed by atoms with Gasteiger partial charge in [0.2, 0.25) is 0 Å². The zero-order valence-electron chi connectivity index (χ0n) is 13.5. The van der Waals surface area contributed by atoms with Gasteiger partial charge in [0.05, 0.1) is 11.0 Å². The van der Waals surface area contributed by atoms with Crippen molar-refractivity contribution in [1.29, 1.82) is 0 Å². The zero-order chi connectivity index (χ0) is 16.4. The van der Waals surface area contributed by atoms with Gasteiger partial charge in [0.25, 0.3) is 11.1 Å². The summed E-state index contributed by atoms with van der Waals surface area (Å²) in [5, 5.41) is 8.52. The number of aryl methyl sites for hydroxylation is 1. The van der Waals surface area contributed by atoms with Gasteiger partial charge in [-0.15, -0.1) is 21.5 Å². The maximum Gasteiger partial charge on any atom is 0.316 e. The van der Waals surface area contributed by atoms with Crippen molar-refractivity contribution in [3.63, 3.8) is 0 Å². The van der Waals surface area contributed by atoms with Crippen LogP contribution in [-0.2, 0) is 22.4 Å². The number of carbonyl (C=O) groups is 1. The van der Waals surface area contributed by atoms with Crippen LogP contribution in [0.15, 0.2) is 15.7 Å². The first-order valence-corrected chi connectivity index (χ1v) is 9.59. The van der Waals surface area contributed by atoms with Crippen LogP contribution in [0.1, 0.15) is 37.6 Å². The van der Waals surface area contributed by atoms with Gasteiger partial charge in [-0.05, 0) is 50.7 Å². The molecular weight excluding hydrogens is 332 g/mol. The monoisotopic (exact) mass is 352 g/mol. The molecule has 2 aromatic rings. The second-order valence-corrected chi connectivity index (χ2v) is 8.17. The van der Waals surface area contributed by atoms with Crippen molar-refractivity contribution >= 4 is 29.1 Å². The third-order valence-corrected chi connectivity index (χ3v) is 5.64. The van der Waals surface area contributed by atoms with E-state index in [9.17, 15) is 4.79 Å². The van der Waals surface area contributed by atoms with Crippen LogP contribution < -0.4 is 0 Å². The zero-order valence-corrected chi connectivity index (χ0v) is 15.1. The molecule has 0 aromatic carbocycles. The van der Waals surface area contributed by atoms with E-state index in [1.165, 1.54) is 28.6 Å². The molecule has 0 unspecified atom stereocenters. The minimum Gasteiger partial charge on any atom is -0.462 e. The standard InChI is InChI=1S/C16H20N2O3S2/c1-9(2)20-14(19)8-22-16-18-17-15(21-16)13-7-11-6-10(3)4-5-12(11)23-13/h7,9-10H,4-6,8H2,1-3H3/t10-/m1/s1. The molecule has 1 aliphatic carbocycles. The molecule has 2 heterocycles. The number of ether oxygens (including phenoxy) is 1. The summed E-state index contributed by atoms with van der Waals surface area (Å²) in [6, 6.07) is 2.17. The Balaban J connectivity index is 1.64. The predicted molar refractivity (Wildman–Crippen MR) is 90.8 cm³/mol. The first kappa shape index (κ1) is 16.5. The second-order valence-electron chi connectivity index (χ2n) is 6.11. The minimum atomic E-state index is -0.273. The molecule has 0 saturated heterocycles. The Morgan fingerprint density at radius 1 is 1.52 bits per heavy atom. The van der Waals surface area contributed by atoms with Crippen molar-refractivity contribution in [2.45, 2.75) is 51.4 Å². The Morgan fingerprint density at radius 2 is 2.35 bits per heavy atom. The van der Waals surface area contributed by atoms with Crippen LogP contribution in [0.2, 0.25) is 0 Å². The number of fused-ring (bicyclic) bond motifs is 1. The minimum absolute atomic E-state index is 0.110. The van der Waals surface area contributed by atoms with Gasteiger partial charge in [0.15, 0.2) is 0 Å². The van der Waals surface area contributed by atoms with E-state index in [2.05, 4.69) is 23.2 Å². The molecule has 0 amide bonds. The highest BCUT2D eigenvalue weighted by Gasteiger charge is 2.21. The quantitative estimate of drug-likeness (QED) is 0.599. The van der Waals surface area contributed by atoms with Crippen molar-refractivity contribution in [2.75, 3.05) is 5.75 Å². The molecule has 0 radical (unpaired) electrons. The topological polar surface area (TPSA) is 65.2 Å². The van der Waals surface area contributed by atoms with Gasteiger partial charge in [-0.2, -0.15) is 0 Å².